The molecule has 0 saturated carbocycles. The van der Waals surface area contributed by atoms with Crippen LogP contribution in [-0.4, -0.2) is 21.1 Å². The molecule has 0 spiro atoms. The Morgan fingerprint density at radius 3 is 1.26 bits per heavy atom. The van der Waals surface area contributed by atoms with Crippen LogP contribution in [-0.2, 0) is 8.87 Å². The molecular weight excluding hydrogens is 429 g/mol. The van der Waals surface area contributed by atoms with Gasteiger partial charge in [0.25, 0.3) is 0 Å². The molecule has 0 heterocycles. The van der Waals surface area contributed by atoms with Gasteiger partial charge in [0.15, 0.2) is 0 Å². The molecule has 0 nitrogen and oxygen atoms in total. The summed E-state index contributed by atoms with van der Waals surface area (Å²) >= 11 is 11.3. The van der Waals surface area contributed by atoms with Gasteiger partial charge in [0.2, 0.25) is 0 Å². The zero-order valence-corrected chi connectivity index (χ0v) is 16.1. The van der Waals surface area contributed by atoms with Crippen LogP contribution in [0.1, 0.15) is 11.1 Å². The van der Waals surface area contributed by atoms with Crippen molar-refractivity contribution in [2.24, 2.45) is 0 Å². The molecule has 0 N–H and O–H groups in total. The van der Waals surface area contributed by atoms with Gasteiger partial charge in [0, 0.05) is 0 Å². The van der Waals surface area contributed by atoms with E-state index in [1.165, 1.54) is 20.0 Å². The molecule has 5 heteroatoms. The van der Waals surface area contributed by atoms with Crippen molar-refractivity contribution < 1.29 is 0 Å². The average Bonchev–Trinajstić information content (AvgIpc) is 2.34. The van der Waals surface area contributed by atoms with E-state index in [2.05, 4.69) is 24.3 Å². The summed E-state index contributed by atoms with van der Waals surface area (Å²) in [4.78, 5) is 0. The zero-order valence-electron chi connectivity index (χ0n) is 10.1. The Morgan fingerprint density at radius 1 is 0.632 bits per heavy atom. The minimum absolute atomic E-state index is 0. The Hall–Kier alpha value is 0.399. The number of halogens is 4. The molecule has 0 amide bonds. The van der Waals surface area contributed by atoms with Gasteiger partial charge in [-0.1, -0.05) is 0 Å². The van der Waals surface area contributed by atoms with Crippen LogP contribution in [0, 0.1) is 0 Å². The third kappa shape index (κ3) is 7.10. The average molecular weight is 443 g/mol. The molecule has 2 radical (unpaired) electrons. The molecule has 0 aliphatic carbocycles. The van der Waals surface area contributed by atoms with Crippen LogP contribution < -0.4 is 0 Å². The van der Waals surface area contributed by atoms with Crippen LogP contribution in [0.3, 0.4) is 0 Å². The van der Waals surface area contributed by atoms with Gasteiger partial charge in [-0.15, -0.1) is 24.8 Å². The molecule has 0 fully saturated rings. The number of rotatable bonds is 4. The molecule has 19 heavy (non-hydrogen) atoms. The summed E-state index contributed by atoms with van der Waals surface area (Å²) in [6.07, 6.45) is 0. The SMILES string of the molecule is Cl.Cl.Clc1ccc([CH2][Sn][CH2]c2ccc(Cl)cc2)cc1. The fraction of sp³-hybridized carbons (Fsp3) is 0.143. The van der Waals surface area contributed by atoms with E-state index in [1.54, 1.807) is 0 Å². The molecule has 0 atom stereocenters. The summed E-state index contributed by atoms with van der Waals surface area (Å²) in [5, 5.41) is 1.63. The predicted molar refractivity (Wildman–Crippen MR) is 90.6 cm³/mol. The van der Waals surface area contributed by atoms with E-state index in [-0.39, 0.29) is 46.0 Å². The van der Waals surface area contributed by atoms with E-state index in [9.17, 15) is 0 Å². The summed E-state index contributed by atoms with van der Waals surface area (Å²) in [7, 11) is 0. The van der Waals surface area contributed by atoms with Gasteiger partial charge >= 0.3 is 123 Å². The van der Waals surface area contributed by atoms with E-state index in [4.69, 9.17) is 23.2 Å². The predicted octanol–water partition coefficient (Wildman–Crippen LogP) is 5.24. The first-order chi connectivity index (χ1) is 8.24. The monoisotopic (exact) mass is 442 g/mol. The molecule has 0 aliphatic rings. The van der Waals surface area contributed by atoms with Crippen molar-refractivity contribution in [3.05, 3.63) is 69.7 Å². The van der Waals surface area contributed by atoms with Crippen LogP contribution >= 0.6 is 48.0 Å². The van der Waals surface area contributed by atoms with Gasteiger partial charge in [0.05, 0.1) is 0 Å². The molecule has 2 rings (SSSR count). The standard InChI is InChI=1S/2C7H6Cl.2ClH.Sn/c2*1-6-2-4-7(8)5-3-6;;;/h2*2-5H,1H2;2*1H;. The number of benzene rings is 2. The van der Waals surface area contributed by atoms with Gasteiger partial charge in [0.1, 0.15) is 0 Å². The second-order valence-electron chi connectivity index (χ2n) is 3.86. The van der Waals surface area contributed by atoms with Crippen molar-refractivity contribution in [2.75, 3.05) is 0 Å². The molecule has 0 saturated heterocycles. The summed E-state index contributed by atoms with van der Waals surface area (Å²) in [6, 6.07) is 16.4. The fourth-order valence-corrected chi connectivity index (χ4v) is 5.16. The minimum atomic E-state index is -0.373. The van der Waals surface area contributed by atoms with E-state index >= 15 is 0 Å². The first kappa shape index (κ1) is 19.4. The summed E-state index contributed by atoms with van der Waals surface area (Å²) < 4.78 is 2.51. The zero-order chi connectivity index (χ0) is 12.1. The fourth-order valence-electron chi connectivity index (χ4n) is 1.56. The Bertz CT molecular complexity index is 422. The molecule has 0 unspecified atom stereocenters. The van der Waals surface area contributed by atoms with Crippen molar-refractivity contribution in [1.82, 2.24) is 0 Å². The maximum absolute atomic E-state index is 5.86. The topological polar surface area (TPSA) is 0 Å². The molecule has 0 bridgehead atoms. The third-order valence-corrected chi connectivity index (χ3v) is 6.75. The van der Waals surface area contributed by atoms with E-state index < -0.39 is 0 Å². The maximum atomic E-state index is 5.86. The molecule has 102 valence electrons. The summed E-state index contributed by atoms with van der Waals surface area (Å²) in [5.41, 5.74) is 2.82. The van der Waals surface area contributed by atoms with Gasteiger partial charge in [-0.2, -0.15) is 0 Å². The number of hydrogen-bond donors (Lipinski definition) is 0. The molecule has 0 aliphatic heterocycles. The summed E-state index contributed by atoms with van der Waals surface area (Å²) in [6.45, 7) is 0. The van der Waals surface area contributed by atoms with E-state index in [1.807, 2.05) is 24.3 Å². The number of hydrogen-bond acceptors (Lipinski definition) is 0. The Labute approximate surface area is 146 Å². The van der Waals surface area contributed by atoms with Crippen LogP contribution in [0.2, 0.25) is 10.0 Å². The quantitative estimate of drug-likeness (QED) is 0.568. The van der Waals surface area contributed by atoms with Crippen molar-refractivity contribution >= 4 is 69.2 Å². The molecule has 2 aromatic carbocycles. The van der Waals surface area contributed by atoms with Gasteiger partial charge < -0.3 is 0 Å². The van der Waals surface area contributed by atoms with Crippen molar-refractivity contribution in [2.45, 2.75) is 8.87 Å². The van der Waals surface area contributed by atoms with Crippen molar-refractivity contribution in [3.8, 4) is 0 Å². The van der Waals surface area contributed by atoms with E-state index in [0.29, 0.717) is 0 Å². The van der Waals surface area contributed by atoms with Gasteiger partial charge in [-0.25, -0.2) is 0 Å². The van der Waals surface area contributed by atoms with E-state index in [0.717, 1.165) is 10.0 Å². The Morgan fingerprint density at radius 2 is 0.947 bits per heavy atom. The van der Waals surface area contributed by atoms with Gasteiger partial charge in [-0.3, -0.25) is 0 Å². The van der Waals surface area contributed by atoms with Crippen molar-refractivity contribution in [1.29, 1.82) is 0 Å². The third-order valence-electron chi connectivity index (χ3n) is 2.48. The van der Waals surface area contributed by atoms with Gasteiger partial charge in [-0.05, 0) is 0 Å². The van der Waals surface area contributed by atoms with Crippen LogP contribution in [0.15, 0.2) is 48.5 Å². The summed E-state index contributed by atoms with van der Waals surface area (Å²) in [5.74, 6) is 0. The first-order valence-electron chi connectivity index (χ1n) is 5.43. The van der Waals surface area contributed by atoms with Crippen LogP contribution in [0.25, 0.3) is 0 Å². The van der Waals surface area contributed by atoms with Crippen LogP contribution in [0.5, 0.6) is 0 Å². The molecule has 2 aromatic rings. The molecular formula is C14H14Cl4Sn. The van der Waals surface area contributed by atoms with Crippen molar-refractivity contribution in [3.63, 3.8) is 0 Å². The normalized spacial score (nSPS) is 9.37. The Kier molecular flexibility index (Phi) is 10.4. The second kappa shape index (κ2) is 10.2. The second-order valence-corrected chi connectivity index (χ2v) is 8.17. The molecule has 0 aromatic heterocycles. The Balaban J connectivity index is 0.00000162. The first-order valence-corrected chi connectivity index (χ1v) is 10.2. The van der Waals surface area contributed by atoms with Crippen LogP contribution in [0.4, 0.5) is 0 Å².